The molecule has 0 aliphatic heterocycles. The Kier molecular flexibility index (Phi) is 8.12. The molecule has 0 bridgehead atoms. The summed E-state index contributed by atoms with van der Waals surface area (Å²) in [5, 5.41) is 2.62. The summed E-state index contributed by atoms with van der Waals surface area (Å²) in [5.41, 5.74) is 16.0. The van der Waals surface area contributed by atoms with E-state index in [1.165, 1.54) is 75.8 Å². The molecule has 0 fully saturated rings. The Balaban J connectivity index is 1.10. The summed E-state index contributed by atoms with van der Waals surface area (Å²) in [4.78, 5) is 2.41. The highest BCUT2D eigenvalue weighted by Gasteiger charge is 2.47. The predicted molar refractivity (Wildman–Crippen MR) is 243 cm³/mol. The van der Waals surface area contributed by atoms with Gasteiger partial charge in [-0.3, -0.25) is 0 Å². The molecule has 0 amide bonds. The largest absolute Gasteiger partial charge is 0.310 e. The first-order valence-corrected chi connectivity index (χ1v) is 20.7. The van der Waals surface area contributed by atoms with Crippen LogP contribution in [0.4, 0.5) is 17.1 Å². The van der Waals surface area contributed by atoms with Crippen LogP contribution in [0, 0.1) is 0 Å². The zero-order valence-corrected chi connectivity index (χ0v) is 32.3. The van der Waals surface area contributed by atoms with Gasteiger partial charge in [0.1, 0.15) is 0 Å². The van der Waals surface area contributed by atoms with Crippen LogP contribution < -0.4 is 4.90 Å². The maximum absolute atomic E-state index is 2.41. The number of anilines is 3. The fraction of sp³-hybridized carbons (Fsp3) is 0.0545. The first-order chi connectivity index (χ1) is 28.3. The molecular weight excluding hydrogens is 707 g/mol. The normalized spacial score (nSPS) is 14.0. The third kappa shape index (κ3) is 5.44. The highest BCUT2D eigenvalue weighted by atomic mass is 32.1. The summed E-state index contributed by atoms with van der Waals surface area (Å²) in [7, 11) is 0. The fourth-order valence-electron chi connectivity index (χ4n) is 9.49. The van der Waals surface area contributed by atoms with Crippen LogP contribution in [0.5, 0.6) is 0 Å². The maximum Gasteiger partial charge on any atom is 0.0720 e. The van der Waals surface area contributed by atoms with Crippen molar-refractivity contribution in [2.75, 3.05) is 4.90 Å². The minimum Gasteiger partial charge on any atom is -0.310 e. The maximum atomic E-state index is 2.41. The Morgan fingerprint density at radius 3 is 1.70 bits per heavy atom. The van der Waals surface area contributed by atoms with E-state index in [-0.39, 0.29) is 0 Å². The van der Waals surface area contributed by atoms with E-state index in [0.717, 1.165) is 29.9 Å². The smallest absolute Gasteiger partial charge is 0.0720 e. The van der Waals surface area contributed by atoms with Crippen molar-refractivity contribution >= 4 is 54.1 Å². The van der Waals surface area contributed by atoms with Crippen LogP contribution in [0.25, 0.3) is 48.0 Å². The van der Waals surface area contributed by atoms with Gasteiger partial charge in [0.25, 0.3) is 0 Å². The Morgan fingerprint density at radius 2 is 1.04 bits per heavy atom. The number of hydrogen-bond acceptors (Lipinski definition) is 2. The Morgan fingerprint density at radius 1 is 0.456 bits per heavy atom. The van der Waals surface area contributed by atoms with Gasteiger partial charge < -0.3 is 4.90 Å². The molecule has 9 aromatic rings. The van der Waals surface area contributed by atoms with Crippen LogP contribution in [-0.2, 0) is 5.41 Å². The second-order valence-electron chi connectivity index (χ2n) is 15.1. The lowest BCUT2D eigenvalue weighted by molar-refractivity contribution is 0.777. The van der Waals surface area contributed by atoms with E-state index in [1.54, 1.807) is 0 Å². The molecule has 0 N–H and O–H groups in total. The third-order valence-corrected chi connectivity index (χ3v) is 13.2. The zero-order valence-electron chi connectivity index (χ0n) is 31.5. The quantitative estimate of drug-likeness (QED) is 0.157. The van der Waals surface area contributed by atoms with Crippen LogP contribution in [0.3, 0.4) is 0 Å². The highest BCUT2D eigenvalue weighted by Crippen LogP contribution is 2.58. The molecule has 2 aliphatic carbocycles. The van der Waals surface area contributed by atoms with Crippen LogP contribution in [0.15, 0.2) is 212 Å². The Labute approximate surface area is 338 Å². The second kappa shape index (κ2) is 13.8. The first-order valence-electron chi connectivity index (χ1n) is 19.9. The molecule has 270 valence electrons. The number of fused-ring (bicyclic) bond motifs is 6. The number of hydrogen-bond donors (Lipinski definition) is 0. The molecular formula is C55H39NS. The first kappa shape index (κ1) is 33.6. The summed E-state index contributed by atoms with van der Waals surface area (Å²) < 4.78 is 2.58. The molecule has 0 saturated heterocycles. The molecule has 2 heteroatoms. The van der Waals surface area contributed by atoms with E-state index in [4.69, 9.17) is 0 Å². The van der Waals surface area contributed by atoms with Crippen molar-refractivity contribution in [2.45, 2.75) is 18.3 Å². The van der Waals surface area contributed by atoms with Crippen molar-refractivity contribution in [1.82, 2.24) is 0 Å². The van der Waals surface area contributed by atoms with Gasteiger partial charge in [0.2, 0.25) is 0 Å². The van der Waals surface area contributed by atoms with Gasteiger partial charge in [-0.1, -0.05) is 170 Å². The Hall–Kier alpha value is -6.74. The summed E-state index contributed by atoms with van der Waals surface area (Å²) in [6.07, 6.45) is 8.86. The monoisotopic (exact) mass is 745 g/mol. The van der Waals surface area contributed by atoms with Crippen LogP contribution >= 0.6 is 11.3 Å². The number of thiophene rings is 1. The molecule has 0 radical (unpaired) electrons. The molecule has 0 unspecified atom stereocenters. The number of rotatable bonds is 7. The molecule has 1 aromatic heterocycles. The summed E-state index contributed by atoms with van der Waals surface area (Å²) >= 11 is 1.89. The van der Waals surface area contributed by atoms with Crippen LogP contribution in [-0.4, -0.2) is 0 Å². The van der Waals surface area contributed by atoms with Crippen molar-refractivity contribution in [2.24, 2.45) is 0 Å². The van der Waals surface area contributed by atoms with E-state index >= 15 is 0 Å². The van der Waals surface area contributed by atoms with Crippen molar-refractivity contribution in [3.05, 3.63) is 240 Å². The molecule has 0 saturated carbocycles. The Bertz CT molecular complexity index is 2940. The minimum absolute atomic E-state index is 0.460. The van der Waals surface area contributed by atoms with Gasteiger partial charge in [-0.25, -0.2) is 0 Å². The van der Waals surface area contributed by atoms with Gasteiger partial charge in [-0.15, -0.1) is 11.3 Å². The molecule has 8 aromatic carbocycles. The number of nitrogens with zero attached hydrogens (tertiary/aromatic N) is 1. The lowest BCUT2D eigenvalue weighted by atomic mass is 9.66. The number of benzene rings is 8. The van der Waals surface area contributed by atoms with Gasteiger partial charge in [0.15, 0.2) is 0 Å². The van der Waals surface area contributed by atoms with E-state index in [9.17, 15) is 0 Å². The highest BCUT2D eigenvalue weighted by molar-refractivity contribution is 7.25. The lowest BCUT2D eigenvalue weighted by Crippen LogP contribution is -2.28. The zero-order chi connectivity index (χ0) is 37.8. The van der Waals surface area contributed by atoms with Crippen LogP contribution in [0.2, 0.25) is 0 Å². The summed E-state index contributed by atoms with van der Waals surface area (Å²) in [6.45, 7) is 0. The molecule has 1 heterocycles. The molecule has 57 heavy (non-hydrogen) atoms. The van der Waals surface area contributed by atoms with E-state index in [1.807, 2.05) is 11.3 Å². The summed E-state index contributed by atoms with van der Waals surface area (Å²) in [6, 6.07) is 72.1. The van der Waals surface area contributed by atoms with E-state index in [0.29, 0.717) is 0 Å². The average Bonchev–Trinajstić information content (AvgIpc) is 3.82. The van der Waals surface area contributed by atoms with Crippen molar-refractivity contribution in [1.29, 1.82) is 0 Å². The van der Waals surface area contributed by atoms with Crippen molar-refractivity contribution < 1.29 is 0 Å². The van der Waals surface area contributed by atoms with Gasteiger partial charge >= 0.3 is 0 Å². The molecule has 1 nitrogen and oxygen atoms in total. The van der Waals surface area contributed by atoms with Gasteiger partial charge in [-0.05, 0) is 111 Å². The molecule has 2 aliphatic rings. The standard InChI is InChI=1S/C55H39NS/c1-4-15-38(16-5-1)40-27-31-43(32-28-40)56(44-33-29-41(30-34-44)39-17-6-2-7-18-39)45-35-36-48-53(37-45)57-52-26-14-25-51(54(48)52)55(42-19-8-3-9-20-42)49-23-12-10-21-46(49)47-22-11-13-24-50(47)55/h1-6,8-17,19-37H,7,18H2. The average molecular weight is 746 g/mol. The van der Waals surface area contributed by atoms with Crippen molar-refractivity contribution in [3.8, 4) is 22.3 Å². The van der Waals surface area contributed by atoms with Gasteiger partial charge in [0.05, 0.1) is 5.41 Å². The topological polar surface area (TPSA) is 3.24 Å². The summed E-state index contributed by atoms with van der Waals surface area (Å²) in [5.74, 6) is 0. The van der Waals surface area contributed by atoms with E-state index in [2.05, 4.69) is 217 Å². The third-order valence-electron chi connectivity index (χ3n) is 12.0. The second-order valence-corrected chi connectivity index (χ2v) is 16.2. The molecule has 0 spiro atoms. The number of allylic oxidation sites excluding steroid dienone is 4. The van der Waals surface area contributed by atoms with Gasteiger partial charge in [-0.2, -0.15) is 0 Å². The predicted octanol–water partition coefficient (Wildman–Crippen LogP) is 15.3. The minimum atomic E-state index is -0.460. The van der Waals surface area contributed by atoms with Crippen molar-refractivity contribution in [3.63, 3.8) is 0 Å². The van der Waals surface area contributed by atoms with E-state index < -0.39 is 5.41 Å². The fourth-order valence-corrected chi connectivity index (χ4v) is 10.7. The molecule has 0 atom stereocenters. The molecule has 11 rings (SSSR count). The van der Waals surface area contributed by atoms with Gasteiger partial charge in [0, 0.05) is 37.2 Å². The SMILES string of the molecule is C1=CCCC(c2ccc(N(c3ccc(-c4ccccc4)cc3)c3ccc4c(c3)sc3cccc(C5(c6ccccc6)c6ccccc6-c6ccccc65)c34)cc2)=C1. The lowest BCUT2D eigenvalue weighted by Gasteiger charge is -2.34. The van der Waals surface area contributed by atoms with Crippen LogP contribution in [0.1, 0.15) is 40.7 Å².